The summed E-state index contributed by atoms with van der Waals surface area (Å²) in [7, 11) is 2.18. The Balaban J connectivity index is 1.89. The second-order valence-corrected chi connectivity index (χ2v) is 6.25. The van der Waals surface area contributed by atoms with Crippen LogP contribution in [0.3, 0.4) is 0 Å². The average Bonchev–Trinajstić information content (AvgIpc) is 2.72. The lowest BCUT2D eigenvalue weighted by molar-refractivity contribution is -0.877. The van der Waals surface area contributed by atoms with Crippen LogP contribution < -0.4 is 9.64 Å². The largest absolute Gasteiger partial charge is 0.494 e. The zero-order valence-corrected chi connectivity index (χ0v) is 14.1. The lowest BCUT2D eigenvalue weighted by Crippen LogP contribution is -3.09. The van der Waals surface area contributed by atoms with Crippen molar-refractivity contribution < 1.29 is 18.8 Å². The smallest absolute Gasteiger partial charge is 0.290 e. The van der Waals surface area contributed by atoms with Crippen molar-refractivity contribution in [1.82, 2.24) is 4.90 Å². The molecule has 5 nitrogen and oxygen atoms in total. The minimum Gasteiger partial charge on any atom is -0.494 e. The number of aryl methyl sites for hydroxylation is 1. The molecule has 1 unspecified atom stereocenters. The van der Waals surface area contributed by atoms with Crippen molar-refractivity contribution in [2.45, 2.75) is 20.3 Å². The van der Waals surface area contributed by atoms with Crippen molar-refractivity contribution in [3.63, 3.8) is 0 Å². The van der Waals surface area contributed by atoms with Gasteiger partial charge in [-0.3, -0.25) is 4.79 Å². The van der Waals surface area contributed by atoms with Crippen LogP contribution >= 0.6 is 0 Å². The number of rotatable bonds is 3. The number of carbonyl (C=O) groups excluding carboxylic acids is 1. The molecule has 1 aromatic heterocycles. The first-order chi connectivity index (χ1) is 11.1. The highest BCUT2D eigenvalue weighted by Crippen LogP contribution is 2.29. The Morgan fingerprint density at radius 3 is 2.96 bits per heavy atom. The number of ether oxygens (including phenoxy) is 1. The average molecular weight is 317 g/mol. The SMILES string of the molecule is CCOc1ccc2oc(C(=O)N3CCC[NH+](C)CC3)c(C)c2c1. The minimum absolute atomic E-state index is 0.00589. The quantitative estimate of drug-likeness (QED) is 0.933. The monoisotopic (exact) mass is 317 g/mol. The first-order valence-electron chi connectivity index (χ1n) is 8.36. The number of amides is 1. The summed E-state index contributed by atoms with van der Waals surface area (Å²) in [5.74, 6) is 1.28. The van der Waals surface area contributed by atoms with Crippen molar-refractivity contribution in [3.8, 4) is 5.75 Å². The Hall–Kier alpha value is -2.01. The lowest BCUT2D eigenvalue weighted by Gasteiger charge is -2.18. The fraction of sp³-hybridized carbons (Fsp3) is 0.500. The number of hydrogen-bond donors (Lipinski definition) is 1. The summed E-state index contributed by atoms with van der Waals surface area (Å²) in [6.45, 7) is 8.21. The first-order valence-corrected chi connectivity index (χ1v) is 8.36. The Bertz CT molecular complexity index is 708. The van der Waals surface area contributed by atoms with Gasteiger partial charge in [0.2, 0.25) is 0 Å². The zero-order valence-electron chi connectivity index (χ0n) is 14.1. The molecule has 2 heterocycles. The maximum Gasteiger partial charge on any atom is 0.290 e. The number of furan rings is 1. The summed E-state index contributed by atoms with van der Waals surface area (Å²) in [4.78, 5) is 16.2. The van der Waals surface area contributed by atoms with E-state index in [1.807, 2.05) is 36.9 Å². The second-order valence-electron chi connectivity index (χ2n) is 6.25. The molecule has 0 aliphatic carbocycles. The topological polar surface area (TPSA) is 47.1 Å². The van der Waals surface area contributed by atoms with E-state index in [9.17, 15) is 4.79 Å². The van der Waals surface area contributed by atoms with Gasteiger partial charge in [0.05, 0.1) is 33.3 Å². The number of carbonyl (C=O) groups is 1. The Morgan fingerprint density at radius 1 is 1.35 bits per heavy atom. The number of nitrogens with zero attached hydrogens (tertiary/aromatic N) is 1. The predicted octanol–water partition coefficient (Wildman–Crippen LogP) is 1.50. The van der Waals surface area contributed by atoms with Crippen LogP contribution in [0.5, 0.6) is 5.75 Å². The number of hydrogen-bond acceptors (Lipinski definition) is 3. The van der Waals surface area contributed by atoms with Crippen molar-refractivity contribution >= 4 is 16.9 Å². The lowest BCUT2D eigenvalue weighted by atomic mass is 10.1. The van der Waals surface area contributed by atoms with Gasteiger partial charge >= 0.3 is 0 Å². The molecule has 1 N–H and O–H groups in total. The van der Waals surface area contributed by atoms with Crippen LogP contribution in [-0.2, 0) is 0 Å². The van der Waals surface area contributed by atoms with Gasteiger partial charge in [0.15, 0.2) is 5.76 Å². The molecular formula is C18H25N2O3+. The molecule has 124 valence electrons. The Kier molecular flexibility index (Phi) is 4.57. The van der Waals surface area contributed by atoms with Crippen molar-refractivity contribution in [2.24, 2.45) is 0 Å². The van der Waals surface area contributed by atoms with Crippen molar-refractivity contribution in [3.05, 3.63) is 29.5 Å². The molecule has 1 aliphatic rings. The molecule has 1 aliphatic heterocycles. The van der Waals surface area contributed by atoms with Gasteiger partial charge in [-0.15, -0.1) is 0 Å². The number of fused-ring (bicyclic) bond motifs is 1. The molecule has 0 bridgehead atoms. The van der Waals surface area contributed by atoms with Crippen LogP contribution in [0.25, 0.3) is 11.0 Å². The third-order valence-electron chi connectivity index (χ3n) is 4.54. The molecule has 0 saturated carbocycles. The minimum atomic E-state index is 0.00589. The molecule has 2 aromatic rings. The summed E-state index contributed by atoms with van der Waals surface area (Å²) in [5.41, 5.74) is 1.64. The summed E-state index contributed by atoms with van der Waals surface area (Å²) in [6.07, 6.45) is 1.03. The summed E-state index contributed by atoms with van der Waals surface area (Å²) in [6, 6.07) is 5.71. The molecule has 23 heavy (non-hydrogen) atoms. The van der Waals surface area contributed by atoms with E-state index in [4.69, 9.17) is 9.15 Å². The summed E-state index contributed by atoms with van der Waals surface area (Å²) < 4.78 is 11.4. The Labute approximate surface area is 136 Å². The molecule has 1 saturated heterocycles. The number of nitrogens with one attached hydrogen (secondary N) is 1. The van der Waals surface area contributed by atoms with E-state index >= 15 is 0 Å². The third kappa shape index (κ3) is 3.20. The maximum atomic E-state index is 12.9. The highest BCUT2D eigenvalue weighted by molar-refractivity contribution is 5.99. The molecular weight excluding hydrogens is 292 g/mol. The summed E-state index contributed by atoms with van der Waals surface area (Å²) >= 11 is 0. The van der Waals surface area contributed by atoms with Gasteiger partial charge in [-0.2, -0.15) is 0 Å². The van der Waals surface area contributed by atoms with Crippen LogP contribution in [0.15, 0.2) is 22.6 Å². The number of likely N-dealkylation sites (N-methyl/N-ethyl adjacent to an activating group) is 1. The highest BCUT2D eigenvalue weighted by atomic mass is 16.5. The summed E-state index contributed by atoms with van der Waals surface area (Å²) in [5, 5.41) is 0.955. The van der Waals surface area contributed by atoms with Gasteiger partial charge in [0.25, 0.3) is 5.91 Å². The standard InChI is InChI=1S/C18H24N2O3/c1-4-22-14-6-7-16-15(12-14)13(2)17(23-16)18(21)20-9-5-8-19(3)10-11-20/h6-7,12H,4-5,8-11H2,1-3H3/p+1. The molecule has 0 spiro atoms. The third-order valence-corrected chi connectivity index (χ3v) is 4.54. The molecule has 1 aromatic carbocycles. The van der Waals surface area contributed by atoms with Crippen LogP contribution in [-0.4, -0.2) is 50.6 Å². The molecule has 3 rings (SSSR count). The van der Waals surface area contributed by atoms with Gasteiger partial charge < -0.3 is 19.0 Å². The fourth-order valence-electron chi connectivity index (χ4n) is 3.14. The van der Waals surface area contributed by atoms with E-state index in [1.54, 1.807) is 0 Å². The van der Waals surface area contributed by atoms with Crippen molar-refractivity contribution in [1.29, 1.82) is 0 Å². The molecule has 5 heteroatoms. The van der Waals surface area contributed by atoms with Crippen LogP contribution in [0.1, 0.15) is 29.5 Å². The molecule has 1 amide bonds. The molecule has 0 radical (unpaired) electrons. The van der Waals surface area contributed by atoms with Gasteiger partial charge in [0, 0.05) is 23.9 Å². The van der Waals surface area contributed by atoms with Crippen LogP contribution in [0.4, 0.5) is 0 Å². The van der Waals surface area contributed by atoms with Crippen LogP contribution in [0, 0.1) is 6.92 Å². The maximum absolute atomic E-state index is 12.9. The number of quaternary nitrogens is 1. The number of benzene rings is 1. The zero-order chi connectivity index (χ0) is 16.4. The van der Waals surface area contributed by atoms with E-state index in [-0.39, 0.29) is 5.91 Å². The van der Waals surface area contributed by atoms with Gasteiger partial charge in [-0.1, -0.05) is 0 Å². The normalized spacial score (nSPS) is 18.9. The van der Waals surface area contributed by atoms with Crippen LogP contribution in [0.2, 0.25) is 0 Å². The Morgan fingerprint density at radius 2 is 2.17 bits per heavy atom. The van der Waals surface area contributed by atoms with E-state index in [2.05, 4.69) is 7.05 Å². The molecule has 1 atom stereocenters. The predicted molar refractivity (Wildman–Crippen MR) is 89.3 cm³/mol. The van der Waals surface area contributed by atoms with Gasteiger partial charge in [0.1, 0.15) is 11.3 Å². The highest BCUT2D eigenvalue weighted by Gasteiger charge is 2.25. The fourth-order valence-corrected chi connectivity index (χ4v) is 3.14. The van der Waals surface area contributed by atoms with E-state index in [0.717, 1.165) is 54.9 Å². The second kappa shape index (κ2) is 6.62. The first kappa shape index (κ1) is 15.9. The van der Waals surface area contributed by atoms with Gasteiger partial charge in [-0.05, 0) is 32.0 Å². The van der Waals surface area contributed by atoms with Crippen molar-refractivity contribution in [2.75, 3.05) is 39.8 Å². The van der Waals surface area contributed by atoms with E-state index in [0.29, 0.717) is 12.4 Å². The van der Waals surface area contributed by atoms with Gasteiger partial charge in [-0.25, -0.2) is 0 Å². The van der Waals surface area contributed by atoms with E-state index < -0.39 is 0 Å². The van der Waals surface area contributed by atoms with E-state index in [1.165, 1.54) is 4.90 Å². The molecule has 1 fully saturated rings.